The van der Waals surface area contributed by atoms with Gasteiger partial charge < -0.3 is 15.3 Å². The number of hydrogen-bond donors (Lipinski definition) is 2. The molecule has 1 fully saturated rings. The van der Waals surface area contributed by atoms with Gasteiger partial charge in [-0.1, -0.05) is 6.92 Å². The molecular formula is C12H16N4O4. The minimum atomic E-state index is -1.08. The number of amides is 1. The Labute approximate surface area is 115 Å². The molecule has 1 aromatic rings. The van der Waals surface area contributed by atoms with Crippen LogP contribution in [0.4, 0.5) is 16.2 Å². The van der Waals surface area contributed by atoms with Gasteiger partial charge in [0.2, 0.25) is 0 Å². The van der Waals surface area contributed by atoms with Crippen LogP contribution in [0.2, 0.25) is 0 Å². The fraction of sp³-hybridized carbons (Fsp3) is 0.500. The van der Waals surface area contributed by atoms with Gasteiger partial charge in [0.05, 0.1) is 4.92 Å². The number of nitrogens with one attached hydrogen (secondary N) is 1. The van der Waals surface area contributed by atoms with Gasteiger partial charge in [-0.05, 0) is 18.4 Å². The SMILES string of the molecule is CC1CC(NC(=O)O)CN(c2ccncc2[N+](=O)[O-])C1. The van der Waals surface area contributed by atoms with Gasteiger partial charge in [-0.2, -0.15) is 0 Å². The summed E-state index contributed by atoms with van der Waals surface area (Å²) < 4.78 is 0. The lowest BCUT2D eigenvalue weighted by atomic mass is 9.95. The molecule has 0 saturated carbocycles. The van der Waals surface area contributed by atoms with E-state index in [9.17, 15) is 14.9 Å². The molecule has 108 valence electrons. The first-order chi connectivity index (χ1) is 9.47. The maximum Gasteiger partial charge on any atom is 0.404 e. The maximum absolute atomic E-state index is 11.0. The maximum atomic E-state index is 11.0. The second-order valence-electron chi connectivity index (χ2n) is 5.01. The molecule has 2 N–H and O–H groups in total. The van der Waals surface area contributed by atoms with E-state index in [1.54, 1.807) is 6.07 Å². The summed E-state index contributed by atoms with van der Waals surface area (Å²) in [5.74, 6) is 0.244. The number of nitro groups is 1. The summed E-state index contributed by atoms with van der Waals surface area (Å²) in [5.41, 5.74) is 0.421. The van der Waals surface area contributed by atoms with Gasteiger partial charge >= 0.3 is 11.8 Å². The van der Waals surface area contributed by atoms with Gasteiger partial charge in [0.1, 0.15) is 11.9 Å². The van der Waals surface area contributed by atoms with Crippen LogP contribution in [0.3, 0.4) is 0 Å². The predicted octanol–water partition coefficient (Wildman–Crippen LogP) is 1.47. The number of aromatic nitrogens is 1. The minimum Gasteiger partial charge on any atom is -0.465 e. The zero-order valence-corrected chi connectivity index (χ0v) is 11.0. The van der Waals surface area contributed by atoms with Crippen molar-refractivity contribution in [2.24, 2.45) is 5.92 Å². The van der Waals surface area contributed by atoms with E-state index in [-0.39, 0.29) is 17.6 Å². The van der Waals surface area contributed by atoms with E-state index in [0.717, 1.165) is 6.42 Å². The van der Waals surface area contributed by atoms with E-state index in [2.05, 4.69) is 10.3 Å². The number of carboxylic acid groups (broad SMARTS) is 1. The molecule has 0 bridgehead atoms. The van der Waals surface area contributed by atoms with Crippen LogP contribution in [0.25, 0.3) is 0 Å². The number of anilines is 1. The van der Waals surface area contributed by atoms with E-state index >= 15 is 0 Å². The Morgan fingerprint density at radius 3 is 3.00 bits per heavy atom. The number of piperidine rings is 1. The first-order valence-electron chi connectivity index (χ1n) is 6.30. The molecule has 1 amide bonds. The molecule has 0 aromatic carbocycles. The van der Waals surface area contributed by atoms with Gasteiger partial charge in [0, 0.05) is 25.3 Å². The molecule has 2 unspecified atom stereocenters. The second kappa shape index (κ2) is 5.72. The van der Waals surface area contributed by atoms with Crippen molar-refractivity contribution in [1.29, 1.82) is 0 Å². The van der Waals surface area contributed by atoms with E-state index in [4.69, 9.17) is 5.11 Å². The first-order valence-corrected chi connectivity index (χ1v) is 6.30. The average molecular weight is 280 g/mol. The first kappa shape index (κ1) is 14.0. The molecule has 1 aliphatic heterocycles. The predicted molar refractivity (Wildman–Crippen MR) is 71.8 cm³/mol. The average Bonchev–Trinajstić information content (AvgIpc) is 2.37. The number of pyridine rings is 1. The van der Waals surface area contributed by atoms with Crippen molar-refractivity contribution in [1.82, 2.24) is 10.3 Å². The second-order valence-corrected chi connectivity index (χ2v) is 5.01. The van der Waals surface area contributed by atoms with Gasteiger partial charge in [-0.25, -0.2) is 4.79 Å². The highest BCUT2D eigenvalue weighted by Gasteiger charge is 2.29. The Balaban J connectivity index is 2.23. The van der Waals surface area contributed by atoms with Crippen LogP contribution in [-0.2, 0) is 0 Å². The van der Waals surface area contributed by atoms with Gasteiger partial charge in [0.25, 0.3) is 0 Å². The highest BCUT2D eigenvalue weighted by Crippen LogP contribution is 2.30. The van der Waals surface area contributed by atoms with Crippen molar-refractivity contribution < 1.29 is 14.8 Å². The summed E-state index contributed by atoms with van der Waals surface area (Å²) in [6.45, 7) is 3.07. The van der Waals surface area contributed by atoms with Gasteiger partial charge in [0.15, 0.2) is 0 Å². The standard InChI is InChI=1S/C12H16N4O4/c1-8-4-9(14-12(17)18)7-15(6-8)10-2-3-13-5-11(10)16(19)20/h2-3,5,8-9,14H,4,6-7H2,1H3,(H,17,18). The number of rotatable bonds is 3. The number of hydrogen-bond acceptors (Lipinski definition) is 5. The van der Waals surface area contributed by atoms with Crippen LogP contribution in [0.1, 0.15) is 13.3 Å². The summed E-state index contributed by atoms with van der Waals surface area (Å²) in [5, 5.41) is 22.3. The molecular weight excluding hydrogens is 264 g/mol. The lowest BCUT2D eigenvalue weighted by molar-refractivity contribution is -0.384. The number of carbonyl (C=O) groups is 1. The lowest BCUT2D eigenvalue weighted by Gasteiger charge is -2.37. The Hall–Kier alpha value is -2.38. The fourth-order valence-corrected chi connectivity index (χ4v) is 2.61. The quantitative estimate of drug-likeness (QED) is 0.641. The van der Waals surface area contributed by atoms with Crippen LogP contribution >= 0.6 is 0 Å². The van der Waals surface area contributed by atoms with Crippen molar-refractivity contribution in [2.75, 3.05) is 18.0 Å². The van der Waals surface area contributed by atoms with E-state index in [1.165, 1.54) is 12.4 Å². The molecule has 1 aliphatic rings. The Kier molecular flexibility index (Phi) is 4.02. The van der Waals surface area contributed by atoms with E-state index in [0.29, 0.717) is 18.8 Å². The Morgan fingerprint density at radius 1 is 1.60 bits per heavy atom. The fourth-order valence-electron chi connectivity index (χ4n) is 2.61. The summed E-state index contributed by atoms with van der Waals surface area (Å²) >= 11 is 0. The number of nitrogens with zero attached hydrogens (tertiary/aromatic N) is 3. The third kappa shape index (κ3) is 3.14. The van der Waals surface area contributed by atoms with Crippen molar-refractivity contribution in [3.05, 3.63) is 28.6 Å². The molecule has 0 aliphatic carbocycles. The minimum absolute atomic E-state index is 0.0596. The highest BCUT2D eigenvalue weighted by atomic mass is 16.6. The van der Waals surface area contributed by atoms with E-state index in [1.807, 2.05) is 11.8 Å². The van der Waals surface area contributed by atoms with Crippen LogP contribution in [-0.4, -0.2) is 40.2 Å². The zero-order valence-electron chi connectivity index (χ0n) is 11.0. The van der Waals surface area contributed by atoms with Crippen LogP contribution in [0.5, 0.6) is 0 Å². The third-order valence-corrected chi connectivity index (χ3v) is 3.30. The molecule has 2 atom stereocenters. The van der Waals surface area contributed by atoms with Crippen molar-refractivity contribution in [3.8, 4) is 0 Å². The monoisotopic (exact) mass is 280 g/mol. The van der Waals surface area contributed by atoms with Gasteiger partial charge in [-0.3, -0.25) is 15.1 Å². The molecule has 0 spiro atoms. The molecule has 2 rings (SSSR count). The molecule has 20 heavy (non-hydrogen) atoms. The van der Waals surface area contributed by atoms with Crippen molar-refractivity contribution in [3.63, 3.8) is 0 Å². The molecule has 2 heterocycles. The van der Waals surface area contributed by atoms with Crippen molar-refractivity contribution in [2.45, 2.75) is 19.4 Å². The molecule has 0 radical (unpaired) electrons. The van der Waals surface area contributed by atoms with Crippen LogP contribution < -0.4 is 10.2 Å². The lowest BCUT2D eigenvalue weighted by Crippen LogP contribution is -2.50. The van der Waals surface area contributed by atoms with Crippen molar-refractivity contribution >= 4 is 17.5 Å². The molecule has 8 heteroatoms. The zero-order chi connectivity index (χ0) is 14.7. The molecule has 1 saturated heterocycles. The van der Waals surface area contributed by atoms with Crippen LogP contribution in [0, 0.1) is 16.0 Å². The molecule has 8 nitrogen and oxygen atoms in total. The largest absolute Gasteiger partial charge is 0.465 e. The molecule has 1 aromatic heterocycles. The normalized spacial score (nSPS) is 22.4. The summed E-state index contributed by atoms with van der Waals surface area (Å²) in [6.07, 6.45) is 2.37. The topological polar surface area (TPSA) is 109 Å². The van der Waals surface area contributed by atoms with E-state index < -0.39 is 11.0 Å². The smallest absolute Gasteiger partial charge is 0.404 e. The van der Waals surface area contributed by atoms with Gasteiger partial charge in [-0.15, -0.1) is 0 Å². The summed E-state index contributed by atoms with van der Waals surface area (Å²) in [4.78, 5) is 26.9. The van der Waals surface area contributed by atoms with Crippen LogP contribution in [0.15, 0.2) is 18.5 Å². The highest BCUT2D eigenvalue weighted by molar-refractivity contribution is 5.66. The summed E-state index contributed by atoms with van der Waals surface area (Å²) in [6, 6.07) is 1.36. The summed E-state index contributed by atoms with van der Waals surface area (Å²) in [7, 11) is 0. The Bertz CT molecular complexity index is 522. The third-order valence-electron chi connectivity index (χ3n) is 3.30. The Morgan fingerprint density at radius 2 is 2.35 bits per heavy atom.